The van der Waals surface area contributed by atoms with E-state index in [2.05, 4.69) is 22.4 Å². The molecule has 0 saturated carbocycles. The number of oxazole rings is 1. The second-order valence-corrected chi connectivity index (χ2v) is 4.22. The lowest BCUT2D eigenvalue weighted by Gasteiger charge is -1.97. The van der Waals surface area contributed by atoms with Gasteiger partial charge in [-0.2, -0.15) is 0 Å². The Hall–Kier alpha value is -2.13. The van der Waals surface area contributed by atoms with Crippen LogP contribution in [0.5, 0.6) is 0 Å². The Morgan fingerprint density at radius 2 is 1.94 bits per heavy atom. The minimum Gasteiger partial charge on any atom is -0.436 e. The van der Waals surface area contributed by atoms with Crippen LogP contribution in [0.1, 0.15) is 5.56 Å². The van der Waals surface area contributed by atoms with Crippen LogP contribution in [0.2, 0.25) is 0 Å². The van der Waals surface area contributed by atoms with Gasteiger partial charge in [0.1, 0.15) is 5.52 Å². The van der Waals surface area contributed by atoms with E-state index in [1.54, 1.807) is 0 Å². The van der Waals surface area contributed by atoms with Crippen molar-refractivity contribution in [3.63, 3.8) is 0 Å². The van der Waals surface area contributed by atoms with Gasteiger partial charge in [0.2, 0.25) is 5.89 Å². The molecule has 0 spiro atoms. The average Bonchev–Trinajstić information content (AvgIpc) is 2.83. The van der Waals surface area contributed by atoms with Crippen molar-refractivity contribution < 1.29 is 4.42 Å². The highest BCUT2D eigenvalue weighted by Gasteiger charge is 2.07. The number of hydrogen-bond donors (Lipinski definition) is 1. The normalized spacial score (nSPS) is 10.9. The Labute approximate surface area is 105 Å². The van der Waals surface area contributed by atoms with Crippen molar-refractivity contribution in [1.82, 2.24) is 10.3 Å². The SMILES string of the molecule is CNCc1ccc2oc(-c3ccccc3)nc2c1. The first-order valence-electron chi connectivity index (χ1n) is 5.96. The van der Waals surface area contributed by atoms with Crippen LogP contribution < -0.4 is 5.32 Å². The number of hydrogen-bond acceptors (Lipinski definition) is 3. The van der Waals surface area contributed by atoms with Gasteiger partial charge in [-0.25, -0.2) is 4.98 Å². The summed E-state index contributed by atoms with van der Waals surface area (Å²) >= 11 is 0. The fraction of sp³-hybridized carbons (Fsp3) is 0.133. The molecule has 0 aliphatic carbocycles. The van der Waals surface area contributed by atoms with E-state index in [9.17, 15) is 0 Å². The molecule has 18 heavy (non-hydrogen) atoms. The molecule has 0 atom stereocenters. The van der Waals surface area contributed by atoms with Crippen molar-refractivity contribution in [2.75, 3.05) is 7.05 Å². The molecule has 0 radical (unpaired) electrons. The molecule has 0 amide bonds. The first kappa shape index (κ1) is 11.0. The molecular formula is C15H14N2O. The third kappa shape index (κ3) is 2.00. The van der Waals surface area contributed by atoms with Crippen LogP contribution in [0.3, 0.4) is 0 Å². The average molecular weight is 238 g/mol. The number of fused-ring (bicyclic) bond motifs is 1. The van der Waals surface area contributed by atoms with Crippen LogP contribution in [0.4, 0.5) is 0 Å². The summed E-state index contributed by atoms with van der Waals surface area (Å²) in [6.07, 6.45) is 0. The van der Waals surface area contributed by atoms with Gasteiger partial charge in [-0.3, -0.25) is 0 Å². The Kier molecular flexibility index (Phi) is 2.82. The molecule has 0 aliphatic heterocycles. The molecule has 0 unspecified atom stereocenters. The zero-order valence-electron chi connectivity index (χ0n) is 10.2. The maximum absolute atomic E-state index is 5.76. The van der Waals surface area contributed by atoms with Crippen LogP contribution >= 0.6 is 0 Å². The van der Waals surface area contributed by atoms with Gasteiger partial charge in [-0.15, -0.1) is 0 Å². The lowest BCUT2D eigenvalue weighted by molar-refractivity contribution is 0.619. The Balaban J connectivity index is 2.06. The van der Waals surface area contributed by atoms with Crippen molar-refractivity contribution in [1.29, 1.82) is 0 Å². The third-order valence-corrected chi connectivity index (χ3v) is 2.85. The Morgan fingerprint density at radius 3 is 2.72 bits per heavy atom. The van der Waals surface area contributed by atoms with Crippen molar-refractivity contribution in [3.05, 3.63) is 54.1 Å². The molecule has 0 saturated heterocycles. The van der Waals surface area contributed by atoms with Crippen LogP contribution in [0.25, 0.3) is 22.6 Å². The molecule has 3 nitrogen and oxygen atoms in total. The zero-order chi connectivity index (χ0) is 12.4. The van der Waals surface area contributed by atoms with E-state index < -0.39 is 0 Å². The number of rotatable bonds is 3. The minimum absolute atomic E-state index is 0.673. The summed E-state index contributed by atoms with van der Waals surface area (Å²) in [5.41, 5.74) is 3.94. The standard InChI is InChI=1S/C15H14N2O/c1-16-10-11-7-8-14-13(9-11)17-15(18-14)12-5-3-2-4-6-12/h2-9,16H,10H2,1H3. The smallest absolute Gasteiger partial charge is 0.227 e. The van der Waals surface area contributed by atoms with E-state index >= 15 is 0 Å². The maximum Gasteiger partial charge on any atom is 0.227 e. The van der Waals surface area contributed by atoms with Crippen LogP contribution in [-0.4, -0.2) is 12.0 Å². The molecule has 90 valence electrons. The Bertz CT molecular complexity index is 659. The number of nitrogens with zero attached hydrogens (tertiary/aromatic N) is 1. The van der Waals surface area contributed by atoms with Gasteiger partial charge < -0.3 is 9.73 Å². The van der Waals surface area contributed by atoms with Gasteiger partial charge in [0.05, 0.1) is 0 Å². The topological polar surface area (TPSA) is 38.1 Å². The zero-order valence-corrected chi connectivity index (χ0v) is 10.2. The highest BCUT2D eigenvalue weighted by molar-refractivity contribution is 5.76. The van der Waals surface area contributed by atoms with E-state index in [4.69, 9.17) is 4.42 Å². The molecular weight excluding hydrogens is 224 g/mol. The molecule has 1 N–H and O–H groups in total. The molecule has 0 fully saturated rings. The van der Waals surface area contributed by atoms with Gasteiger partial charge in [0.25, 0.3) is 0 Å². The summed E-state index contributed by atoms with van der Waals surface area (Å²) in [6, 6.07) is 16.0. The predicted octanol–water partition coefficient (Wildman–Crippen LogP) is 3.21. The number of nitrogens with one attached hydrogen (secondary N) is 1. The molecule has 3 aromatic rings. The lowest BCUT2D eigenvalue weighted by atomic mass is 10.2. The lowest BCUT2D eigenvalue weighted by Crippen LogP contribution is -2.04. The summed E-state index contributed by atoms with van der Waals surface area (Å²) in [4.78, 5) is 4.53. The van der Waals surface area contributed by atoms with Gasteiger partial charge in [-0.1, -0.05) is 24.3 Å². The summed E-state index contributed by atoms with van der Waals surface area (Å²) in [6.45, 7) is 0.837. The molecule has 0 aliphatic rings. The van der Waals surface area contributed by atoms with Crippen molar-refractivity contribution in [2.24, 2.45) is 0 Å². The summed E-state index contributed by atoms with van der Waals surface area (Å²) in [5.74, 6) is 0.673. The van der Waals surface area contributed by atoms with Gasteiger partial charge in [0, 0.05) is 12.1 Å². The maximum atomic E-state index is 5.76. The third-order valence-electron chi connectivity index (χ3n) is 2.85. The predicted molar refractivity (Wildman–Crippen MR) is 72.2 cm³/mol. The summed E-state index contributed by atoms with van der Waals surface area (Å²) in [5, 5.41) is 3.13. The van der Waals surface area contributed by atoms with Crippen LogP contribution in [0, 0.1) is 0 Å². The largest absolute Gasteiger partial charge is 0.436 e. The van der Waals surface area contributed by atoms with Crippen molar-refractivity contribution in [3.8, 4) is 11.5 Å². The monoisotopic (exact) mass is 238 g/mol. The summed E-state index contributed by atoms with van der Waals surface area (Å²) in [7, 11) is 1.93. The van der Waals surface area contributed by atoms with Gasteiger partial charge in [0.15, 0.2) is 5.58 Å². The van der Waals surface area contributed by atoms with Gasteiger partial charge in [-0.05, 0) is 36.9 Å². The van der Waals surface area contributed by atoms with E-state index in [0.29, 0.717) is 5.89 Å². The molecule has 0 bridgehead atoms. The molecule has 3 rings (SSSR count). The first-order chi connectivity index (χ1) is 8.86. The summed E-state index contributed by atoms with van der Waals surface area (Å²) < 4.78 is 5.76. The quantitative estimate of drug-likeness (QED) is 0.761. The number of aromatic nitrogens is 1. The van der Waals surface area contributed by atoms with Crippen LogP contribution in [0.15, 0.2) is 52.9 Å². The molecule has 3 heteroatoms. The van der Waals surface area contributed by atoms with E-state index in [0.717, 1.165) is 23.2 Å². The second kappa shape index (κ2) is 4.63. The molecule has 1 heterocycles. The van der Waals surface area contributed by atoms with Crippen LogP contribution in [-0.2, 0) is 6.54 Å². The highest BCUT2D eigenvalue weighted by atomic mass is 16.3. The first-order valence-corrected chi connectivity index (χ1v) is 5.96. The number of benzene rings is 2. The van der Waals surface area contributed by atoms with Crippen molar-refractivity contribution >= 4 is 11.1 Å². The van der Waals surface area contributed by atoms with E-state index in [-0.39, 0.29) is 0 Å². The fourth-order valence-corrected chi connectivity index (χ4v) is 1.99. The minimum atomic E-state index is 0.673. The molecule has 1 aromatic heterocycles. The van der Waals surface area contributed by atoms with E-state index in [1.165, 1.54) is 5.56 Å². The highest BCUT2D eigenvalue weighted by Crippen LogP contribution is 2.24. The fourth-order valence-electron chi connectivity index (χ4n) is 1.99. The van der Waals surface area contributed by atoms with Gasteiger partial charge >= 0.3 is 0 Å². The van der Waals surface area contributed by atoms with Crippen molar-refractivity contribution in [2.45, 2.75) is 6.54 Å². The Morgan fingerprint density at radius 1 is 1.11 bits per heavy atom. The second-order valence-electron chi connectivity index (χ2n) is 4.22. The van der Waals surface area contributed by atoms with E-state index in [1.807, 2.05) is 43.4 Å². The molecule has 2 aromatic carbocycles.